The topological polar surface area (TPSA) is 64.4 Å². The summed E-state index contributed by atoms with van der Waals surface area (Å²) in [4.78, 5) is 1.42. The lowest BCUT2D eigenvalue weighted by Crippen LogP contribution is -3.02. The number of benzene rings is 2. The minimum atomic E-state index is 0. The van der Waals surface area contributed by atoms with Gasteiger partial charge in [-0.05, 0) is 21.0 Å². The Bertz CT molecular complexity index is 353. The molecular formula is C15H26NO2P. The third-order valence-electron chi connectivity index (χ3n) is 1.88. The molecule has 0 spiro atoms. The predicted molar refractivity (Wildman–Crippen MR) is 87.0 cm³/mol. The van der Waals surface area contributed by atoms with Gasteiger partial charge in [0.1, 0.15) is 0 Å². The maximum Gasteiger partial charge on any atom is 0.0661 e. The molecule has 108 valence electrons. The van der Waals surface area contributed by atoms with E-state index in [0.717, 1.165) is 0 Å². The highest BCUT2D eigenvalue weighted by molar-refractivity contribution is 6.92. The fraction of sp³-hybridized carbons (Fsp3) is 0.200. The molecule has 1 unspecified atom stereocenters. The number of quaternary nitrogens is 1. The Hall–Kier alpha value is -1.25. The zero-order valence-electron chi connectivity index (χ0n) is 12.2. The molecule has 0 fully saturated rings. The SMILES string of the molecule is C[NH+](C)C.[OH-].[OH-].[PH4+].c1ccc(-c2ccccc2)cc1. The van der Waals surface area contributed by atoms with Gasteiger partial charge in [-0.25, -0.2) is 0 Å². The van der Waals surface area contributed by atoms with Crippen LogP contribution >= 0.6 is 9.90 Å². The second-order valence-electron chi connectivity index (χ2n) is 4.23. The van der Waals surface area contributed by atoms with Crippen molar-refractivity contribution >= 4 is 9.90 Å². The Labute approximate surface area is 119 Å². The summed E-state index contributed by atoms with van der Waals surface area (Å²) in [6, 6.07) is 20.8. The summed E-state index contributed by atoms with van der Waals surface area (Å²) >= 11 is 0. The molecule has 0 saturated carbocycles. The third kappa shape index (κ3) is 10.4. The lowest BCUT2D eigenvalue weighted by atomic mass is 10.1. The van der Waals surface area contributed by atoms with Gasteiger partial charge in [0.2, 0.25) is 0 Å². The first-order chi connectivity index (χ1) is 7.70. The third-order valence-corrected chi connectivity index (χ3v) is 1.88. The predicted octanol–water partition coefficient (Wildman–Crippen LogP) is 1.55. The van der Waals surface area contributed by atoms with E-state index in [2.05, 4.69) is 69.7 Å². The standard InChI is InChI=1S/C12H10.C3H9N.2H2O.H3P/c1-3-7-11(8-4-1)12-9-5-2-6-10-12;1-4(2)3;;;/h1-10H;1-3H3;2*1H2;1H3. The minimum Gasteiger partial charge on any atom is -0.870 e. The molecule has 19 heavy (non-hydrogen) atoms. The molecule has 2 rings (SSSR count). The van der Waals surface area contributed by atoms with Gasteiger partial charge >= 0.3 is 0 Å². The van der Waals surface area contributed by atoms with Crippen LogP contribution in [0.4, 0.5) is 0 Å². The van der Waals surface area contributed by atoms with Crippen LogP contribution in [0, 0.1) is 0 Å². The molecule has 0 saturated heterocycles. The lowest BCUT2D eigenvalue weighted by molar-refractivity contribution is -0.836. The van der Waals surface area contributed by atoms with Crippen LogP contribution < -0.4 is 4.90 Å². The van der Waals surface area contributed by atoms with Crippen LogP contribution in [0.25, 0.3) is 11.1 Å². The van der Waals surface area contributed by atoms with E-state index in [1.807, 2.05) is 12.1 Å². The van der Waals surface area contributed by atoms with Crippen LogP contribution in [-0.4, -0.2) is 32.1 Å². The van der Waals surface area contributed by atoms with E-state index in [-0.39, 0.29) is 20.9 Å². The molecule has 3 nitrogen and oxygen atoms in total. The molecule has 1 atom stereocenters. The van der Waals surface area contributed by atoms with Crippen LogP contribution in [0.5, 0.6) is 0 Å². The van der Waals surface area contributed by atoms with Crippen molar-refractivity contribution in [3.63, 3.8) is 0 Å². The highest BCUT2D eigenvalue weighted by Crippen LogP contribution is 2.17. The summed E-state index contributed by atoms with van der Waals surface area (Å²) in [5.41, 5.74) is 2.55. The van der Waals surface area contributed by atoms with E-state index >= 15 is 0 Å². The van der Waals surface area contributed by atoms with Gasteiger partial charge in [-0.2, -0.15) is 0 Å². The van der Waals surface area contributed by atoms with Gasteiger partial charge < -0.3 is 15.9 Å². The smallest absolute Gasteiger partial charge is 0.0661 e. The zero-order valence-corrected chi connectivity index (χ0v) is 14.2. The van der Waals surface area contributed by atoms with Gasteiger partial charge in [-0.15, -0.1) is 0 Å². The van der Waals surface area contributed by atoms with Crippen molar-refractivity contribution < 1.29 is 15.9 Å². The lowest BCUT2D eigenvalue weighted by Gasteiger charge is -1.98. The highest BCUT2D eigenvalue weighted by Gasteiger charge is 1.91. The van der Waals surface area contributed by atoms with E-state index in [4.69, 9.17) is 0 Å². The second kappa shape index (κ2) is 13.2. The van der Waals surface area contributed by atoms with Gasteiger partial charge in [-0.1, -0.05) is 60.7 Å². The molecule has 0 aliphatic carbocycles. The van der Waals surface area contributed by atoms with Gasteiger partial charge in [0, 0.05) is 0 Å². The van der Waals surface area contributed by atoms with Crippen LogP contribution in [0.15, 0.2) is 60.7 Å². The molecule has 0 radical (unpaired) electrons. The van der Waals surface area contributed by atoms with Crippen molar-refractivity contribution in [1.29, 1.82) is 0 Å². The Kier molecular flexibility index (Phi) is 15.9. The first-order valence-corrected chi connectivity index (χ1v) is 5.57. The Morgan fingerprint density at radius 3 is 1.00 bits per heavy atom. The number of hydrogen-bond acceptors (Lipinski definition) is 2. The van der Waals surface area contributed by atoms with Crippen LogP contribution in [0.3, 0.4) is 0 Å². The van der Waals surface area contributed by atoms with Crippen molar-refractivity contribution in [1.82, 2.24) is 0 Å². The van der Waals surface area contributed by atoms with E-state index < -0.39 is 0 Å². The van der Waals surface area contributed by atoms with Crippen LogP contribution in [0.2, 0.25) is 0 Å². The van der Waals surface area contributed by atoms with Crippen molar-refractivity contribution in [2.24, 2.45) is 0 Å². The summed E-state index contributed by atoms with van der Waals surface area (Å²) in [5.74, 6) is 0. The summed E-state index contributed by atoms with van der Waals surface area (Å²) in [6.45, 7) is 0. The molecule has 4 heteroatoms. The monoisotopic (exact) mass is 283 g/mol. The average Bonchev–Trinajstić information content (AvgIpc) is 2.31. The number of nitrogens with one attached hydrogen (secondary N) is 1. The largest absolute Gasteiger partial charge is 0.870 e. The molecule has 0 bridgehead atoms. The van der Waals surface area contributed by atoms with E-state index in [9.17, 15) is 0 Å². The molecule has 2 aromatic carbocycles. The first kappa shape index (κ1) is 22.9. The van der Waals surface area contributed by atoms with E-state index in [1.54, 1.807) is 0 Å². The highest BCUT2D eigenvalue weighted by atomic mass is 31.0. The molecular weight excluding hydrogens is 257 g/mol. The molecule has 0 aliphatic rings. The maximum atomic E-state index is 2.12. The summed E-state index contributed by atoms with van der Waals surface area (Å²) in [6.07, 6.45) is 0. The van der Waals surface area contributed by atoms with Crippen molar-refractivity contribution in [3.8, 4) is 11.1 Å². The summed E-state index contributed by atoms with van der Waals surface area (Å²) in [5, 5.41) is 0. The second-order valence-corrected chi connectivity index (χ2v) is 4.23. The van der Waals surface area contributed by atoms with Gasteiger partial charge in [0.15, 0.2) is 0 Å². The van der Waals surface area contributed by atoms with Gasteiger partial charge in [0.25, 0.3) is 0 Å². The fourth-order valence-corrected chi connectivity index (χ4v) is 1.26. The van der Waals surface area contributed by atoms with E-state index in [1.165, 1.54) is 16.0 Å². The minimum absolute atomic E-state index is 0. The van der Waals surface area contributed by atoms with E-state index in [0.29, 0.717) is 0 Å². The van der Waals surface area contributed by atoms with Crippen molar-refractivity contribution in [2.75, 3.05) is 21.1 Å². The Morgan fingerprint density at radius 1 is 0.579 bits per heavy atom. The first-order valence-electron chi connectivity index (χ1n) is 5.57. The maximum absolute atomic E-state index is 2.12. The van der Waals surface area contributed by atoms with Crippen molar-refractivity contribution in [2.45, 2.75) is 0 Å². The summed E-state index contributed by atoms with van der Waals surface area (Å²) in [7, 11) is 6.25. The van der Waals surface area contributed by atoms with Gasteiger partial charge in [-0.3, -0.25) is 0 Å². The molecule has 3 N–H and O–H groups in total. The fourth-order valence-electron chi connectivity index (χ4n) is 1.26. The van der Waals surface area contributed by atoms with Gasteiger partial charge in [0.05, 0.1) is 21.1 Å². The van der Waals surface area contributed by atoms with Crippen molar-refractivity contribution in [3.05, 3.63) is 60.7 Å². The molecule has 0 heterocycles. The Morgan fingerprint density at radius 2 is 0.789 bits per heavy atom. The number of hydrogen-bond donors (Lipinski definition) is 1. The molecule has 0 amide bonds. The number of rotatable bonds is 1. The van der Waals surface area contributed by atoms with Crippen LogP contribution in [0.1, 0.15) is 0 Å². The molecule has 0 aliphatic heterocycles. The molecule has 0 aromatic heterocycles. The Balaban J connectivity index is -0.000000329. The normalized spacial score (nSPS) is 8.00. The molecule has 2 aromatic rings. The summed E-state index contributed by atoms with van der Waals surface area (Å²) < 4.78 is 0. The van der Waals surface area contributed by atoms with Crippen LogP contribution in [-0.2, 0) is 0 Å². The quantitative estimate of drug-likeness (QED) is 0.807. The average molecular weight is 283 g/mol. The zero-order chi connectivity index (χ0) is 11.8.